The maximum atomic E-state index is 11.2. The molecule has 0 saturated heterocycles. The van der Waals surface area contributed by atoms with Crippen LogP contribution in [0.4, 0.5) is 0 Å². The van der Waals surface area contributed by atoms with Crippen LogP contribution < -0.4 is 0 Å². The second kappa shape index (κ2) is 6.35. The summed E-state index contributed by atoms with van der Waals surface area (Å²) in [4.78, 5) is 11.2. The van der Waals surface area contributed by atoms with Crippen molar-refractivity contribution < 1.29 is 14.6 Å². The van der Waals surface area contributed by atoms with Gasteiger partial charge >= 0.3 is 5.97 Å². The Morgan fingerprint density at radius 3 is 2.65 bits per heavy atom. The van der Waals surface area contributed by atoms with E-state index in [-0.39, 0.29) is 6.61 Å². The lowest BCUT2D eigenvalue weighted by atomic mass is 10.0. The maximum absolute atomic E-state index is 11.2. The minimum absolute atomic E-state index is 0.180. The fraction of sp³-hybridized carbons (Fsp3) is 0.235. The number of carbonyl (C=O) groups excluding carboxylic acids is 1. The Balaban J connectivity index is 1.98. The smallest absolute Gasteiger partial charge is 0.333 e. The van der Waals surface area contributed by atoms with Crippen LogP contribution in [0.15, 0.2) is 54.6 Å². The molecule has 3 nitrogen and oxygen atoms in total. The highest BCUT2D eigenvalue weighted by Crippen LogP contribution is 2.22. The molecule has 0 fully saturated rings. The van der Waals surface area contributed by atoms with Crippen molar-refractivity contribution in [1.29, 1.82) is 0 Å². The molecule has 104 valence electrons. The van der Waals surface area contributed by atoms with Crippen LogP contribution in [0.3, 0.4) is 0 Å². The summed E-state index contributed by atoms with van der Waals surface area (Å²) in [5.41, 5.74) is 1.19. The van der Waals surface area contributed by atoms with E-state index in [0.29, 0.717) is 12.0 Å². The van der Waals surface area contributed by atoms with Crippen LogP contribution in [0.5, 0.6) is 0 Å². The van der Waals surface area contributed by atoms with Gasteiger partial charge in [-0.1, -0.05) is 43.0 Å². The van der Waals surface area contributed by atoms with Gasteiger partial charge in [0.2, 0.25) is 0 Å². The van der Waals surface area contributed by atoms with E-state index >= 15 is 0 Å². The monoisotopic (exact) mass is 270 g/mol. The molecule has 3 heteroatoms. The highest BCUT2D eigenvalue weighted by molar-refractivity contribution is 5.86. The summed E-state index contributed by atoms with van der Waals surface area (Å²) < 4.78 is 4.98. The molecule has 0 amide bonds. The Morgan fingerprint density at radius 2 is 1.95 bits per heavy atom. The molecule has 0 saturated carbocycles. The SMILES string of the molecule is C=C(C)C(=O)OCCC(O)c1ccc2ccccc2c1. The number of carbonyl (C=O) groups is 1. The summed E-state index contributed by atoms with van der Waals surface area (Å²) in [6, 6.07) is 13.8. The quantitative estimate of drug-likeness (QED) is 0.669. The van der Waals surface area contributed by atoms with E-state index in [4.69, 9.17) is 4.74 Å². The lowest BCUT2D eigenvalue weighted by Gasteiger charge is -2.12. The first-order valence-corrected chi connectivity index (χ1v) is 6.57. The molecule has 0 heterocycles. The van der Waals surface area contributed by atoms with Crippen LogP contribution in [-0.2, 0) is 9.53 Å². The lowest BCUT2D eigenvalue weighted by Crippen LogP contribution is -2.09. The minimum atomic E-state index is -0.641. The third-order valence-corrected chi connectivity index (χ3v) is 3.13. The minimum Gasteiger partial charge on any atom is -0.462 e. The zero-order chi connectivity index (χ0) is 14.5. The molecule has 1 unspecified atom stereocenters. The Labute approximate surface area is 118 Å². The number of rotatable bonds is 5. The van der Waals surface area contributed by atoms with Crippen LogP contribution in [0.1, 0.15) is 25.0 Å². The molecule has 20 heavy (non-hydrogen) atoms. The van der Waals surface area contributed by atoms with E-state index in [1.807, 2.05) is 42.5 Å². The first kappa shape index (κ1) is 14.3. The van der Waals surface area contributed by atoms with Crippen molar-refractivity contribution in [1.82, 2.24) is 0 Å². The topological polar surface area (TPSA) is 46.5 Å². The number of aliphatic hydroxyl groups is 1. The fourth-order valence-electron chi connectivity index (χ4n) is 1.97. The molecule has 1 atom stereocenters. The lowest BCUT2D eigenvalue weighted by molar-refractivity contribution is -0.139. The summed E-state index contributed by atoms with van der Waals surface area (Å²) in [7, 11) is 0. The molecule has 0 radical (unpaired) electrons. The second-order valence-electron chi connectivity index (χ2n) is 4.83. The van der Waals surface area contributed by atoms with Gasteiger partial charge in [0, 0.05) is 12.0 Å². The van der Waals surface area contributed by atoms with Crippen molar-refractivity contribution in [3.63, 3.8) is 0 Å². The van der Waals surface area contributed by atoms with Gasteiger partial charge in [-0.2, -0.15) is 0 Å². The Hall–Kier alpha value is -2.13. The molecule has 2 aromatic rings. The number of hydrogen-bond acceptors (Lipinski definition) is 3. The second-order valence-corrected chi connectivity index (χ2v) is 4.83. The zero-order valence-corrected chi connectivity index (χ0v) is 11.5. The summed E-state index contributed by atoms with van der Waals surface area (Å²) in [5.74, 6) is -0.421. The molecular formula is C17H18O3. The van der Waals surface area contributed by atoms with E-state index in [0.717, 1.165) is 16.3 Å². The Kier molecular flexibility index (Phi) is 4.53. The van der Waals surface area contributed by atoms with Gasteiger partial charge in [-0.3, -0.25) is 0 Å². The molecular weight excluding hydrogens is 252 g/mol. The number of aliphatic hydroxyl groups excluding tert-OH is 1. The predicted octanol–water partition coefficient (Wildman–Crippen LogP) is 3.38. The molecule has 2 aromatic carbocycles. The molecule has 0 aliphatic rings. The van der Waals surface area contributed by atoms with Crippen molar-refractivity contribution in [2.45, 2.75) is 19.4 Å². The van der Waals surface area contributed by atoms with Gasteiger partial charge in [0.05, 0.1) is 12.7 Å². The number of hydrogen-bond donors (Lipinski definition) is 1. The van der Waals surface area contributed by atoms with Crippen LogP contribution in [0.25, 0.3) is 10.8 Å². The molecule has 0 aliphatic heterocycles. The van der Waals surface area contributed by atoms with Gasteiger partial charge in [0.1, 0.15) is 0 Å². The molecule has 0 aliphatic carbocycles. The van der Waals surface area contributed by atoms with E-state index in [1.165, 1.54) is 0 Å². The molecule has 0 spiro atoms. The molecule has 1 N–H and O–H groups in total. The molecule has 2 rings (SSSR count). The number of benzene rings is 2. The number of fused-ring (bicyclic) bond motifs is 1. The number of esters is 1. The third-order valence-electron chi connectivity index (χ3n) is 3.13. The standard InChI is InChI=1S/C17H18O3/c1-12(2)17(19)20-10-9-16(18)15-8-7-13-5-3-4-6-14(13)11-15/h3-8,11,16,18H,1,9-10H2,2H3. The maximum Gasteiger partial charge on any atom is 0.333 e. The van der Waals surface area contributed by atoms with Gasteiger partial charge in [-0.15, -0.1) is 0 Å². The van der Waals surface area contributed by atoms with Crippen molar-refractivity contribution >= 4 is 16.7 Å². The van der Waals surface area contributed by atoms with E-state index < -0.39 is 12.1 Å². The van der Waals surface area contributed by atoms with Crippen LogP contribution in [-0.4, -0.2) is 17.7 Å². The Bertz CT molecular complexity index is 631. The fourth-order valence-corrected chi connectivity index (χ4v) is 1.97. The normalized spacial score (nSPS) is 12.1. The van der Waals surface area contributed by atoms with E-state index in [2.05, 4.69) is 6.58 Å². The summed E-state index contributed by atoms with van der Waals surface area (Å²) in [5, 5.41) is 12.3. The van der Waals surface area contributed by atoms with Crippen molar-refractivity contribution in [2.24, 2.45) is 0 Å². The Morgan fingerprint density at radius 1 is 1.25 bits per heavy atom. The van der Waals surface area contributed by atoms with Gasteiger partial charge in [0.25, 0.3) is 0 Å². The number of ether oxygens (including phenoxy) is 1. The average molecular weight is 270 g/mol. The van der Waals surface area contributed by atoms with Crippen LogP contribution in [0.2, 0.25) is 0 Å². The van der Waals surface area contributed by atoms with E-state index in [1.54, 1.807) is 6.92 Å². The van der Waals surface area contributed by atoms with Gasteiger partial charge in [0.15, 0.2) is 0 Å². The van der Waals surface area contributed by atoms with Gasteiger partial charge < -0.3 is 9.84 Å². The first-order valence-electron chi connectivity index (χ1n) is 6.57. The van der Waals surface area contributed by atoms with E-state index in [9.17, 15) is 9.90 Å². The zero-order valence-electron chi connectivity index (χ0n) is 11.5. The van der Waals surface area contributed by atoms with Crippen LogP contribution in [0, 0.1) is 0 Å². The predicted molar refractivity (Wildman–Crippen MR) is 79.3 cm³/mol. The van der Waals surface area contributed by atoms with Gasteiger partial charge in [-0.25, -0.2) is 4.79 Å². The summed E-state index contributed by atoms with van der Waals surface area (Å²) in [6.45, 7) is 5.29. The molecule has 0 bridgehead atoms. The molecule has 0 aromatic heterocycles. The average Bonchev–Trinajstić information content (AvgIpc) is 2.46. The summed E-state index contributed by atoms with van der Waals surface area (Å²) >= 11 is 0. The first-order chi connectivity index (χ1) is 9.58. The van der Waals surface area contributed by atoms with Crippen LogP contribution >= 0.6 is 0 Å². The van der Waals surface area contributed by atoms with Crippen molar-refractivity contribution in [3.8, 4) is 0 Å². The third kappa shape index (κ3) is 3.45. The van der Waals surface area contributed by atoms with Crippen molar-refractivity contribution in [3.05, 3.63) is 60.2 Å². The highest BCUT2D eigenvalue weighted by Gasteiger charge is 2.10. The summed E-state index contributed by atoms with van der Waals surface area (Å²) in [6.07, 6.45) is -0.269. The highest BCUT2D eigenvalue weighted by atomic mass is 16.5. The van der Waals surface area contributed by atoms with Crippen molar-refractivity contribution in [2.75, 3.05) is 6.61 Å². The van der Waals surface area contributed by atoms with Gasteiger partial charge in [-0.05, 0) is 29.3 Å². The largest absolute Gasteiger partial charge is 0.462 e.